The van der Waals surface area contributed by atoms with E-state index in [2.05, 4.69) is 20.4 Å². The smallest absolute Gasteiger partial charge is 0.409 e. The fourth-order valence-electron chi connectivity index (χ4n) is 1.62. The Hall–Kier alpha value is -2.91. The standard InChI is InChI=1S/C12H9F4N5O/c13-8-2-1-6(5-7(8)12(14,15)16)20-11(21-22)9-10(17)19-4-3-18-9/h1-5,22H,(H2,17,19)(H,20,21). The van der Waals surface area contributed by atoms with Crippen molar-refractivity contribution in [1.82, 2.24) is 9.97 Å². The zero-order valence-corrected chi connectivity index (χ0v) is 10.8. The van der Waals surface area contributed by atoms with Gasteiger partial charge in [0.05, 0.1) is 5.56 Å². The van der Waals surface area contributed by atoms with Gasteiger partial charge in [0.15, 0.2) is 17.3 Å². The molecule has 0 amide bonds. The van der Waals surface area contributed by atoms with E-state index in [1.54, 1.807) is 0 Å². The predicted octanol–water partition coefficient (Wildman–Crippen LogP) is 2.46. The molecule has 0 aliphatic carbocycles. The highest BCUT2D eigenvalue weighted by molar-refractivity contribution is 6.09. The van der Waals surface area contributed by atoms with Gasteiger partial charge < -0.3 is 16.3 Å². The summed E-state index contributed by atoms with van der Waals surface area (Å²) < 4.78 is 51.1. The zero-order valence-electron chi connectivity index (χ0n) is 10.8. The van der Waals surface area contributed by atoms with Gasteiger partial charge in [0.2, 0.25) is 0 Å². The number of hydrogen-bond donors (Lipinski definition) is 3. The first-order valence-electron chi connectivity index (χ1n) is 5.75. The van der Waals surface area contributed by atoms with E-state index in [-0.39, 0.29) is 23.0 Å². The Morgan fingerprint density at radius 2 is 1.91 bits per heavy atom. The van der Waals surface area contributed by atoms with Crippen molar-refractivity contribution in [2.45, 2.75) is 6.18 Å². The minimum Gasteiger partial charge on any atom is -0.409 e. The number of nitrogens with one attached hydrogen (secondary N) is 1. The Morgan fingerprint density at radius 1 is 1.23 bits per heavy atom. The Balaban J connectivity index is 2.36. The van der Waals surface area contributed by atoms with E-state index in [1.165, 1.54) is 12.4 Å². The van der Waals surface area contributed by atoms with Crippen molar-refractivity contribution in [1.29, 1.82) is 0 Å². The first-order chi connectivity index (χ1) is 10.3. The number of halogens is 4. The van der Waals surface area contributed by atoms with Crippen LogP contribution in [0.4, 0.5) is 29.1 Å². The summed E-state index contributed by atoms with van der Waals surface area (Å²) in [6.07, 6.45) is -2.32. The number of aromatic nitrogens is 2. The molecule has 0 aliphatic rings. The van der Waals surface area contributed by atoms with Crippen molar-refractivity contribution in [3.05, 3.63) is 47.7 Å². The van der Waals surface area contributed by atoms with Crippen molar-refractivity contribution >= 4 is 17.3 Å². The zero-order chi connectivity index (χ0) is 16.3. The monoisotopic (exact) mass is 315 g/mol. The van der Waals surface area contributed by atoms with Crippen molar-refractivity contribution in [3.63, 3.8) is 0 Å². The van der Waals surface area contributed by atoms with Crippen LogP contribution in [0.5, 0.6) is 0 Å². The quantitative estimate of drug-likeness (QED) is 0.260. The Bertz CT molecular complexity index is 717. The minimum absolute atomic E-state index is 0.0668. The molecule has 0 aliphatic heterocycles. The van der Waals surface area contributed by atoms with E-state index >= 15 is 0 Å². The van der Waals surface area contributed by atoms with Gasteiger partial charge in [-0.3, -0.25) is 0 Å². The number of hydrogen-bond acceptors (Lipinski definition) is 5. The molecule has 0 saturated heterocycles. The summed E-state index contributed by atoms with van der Waals surface area (Å²) in [6.45, 7) is 0. The molecule has 0 fully saturated rings. The minimum atomic E-state index is -4.86. The number of nitrogens with two attached hydrogens (primary N) is 1. The fraction of sp³-hybridized carbons (Fsp3) is 0.0833. The number of benzene rings is 1. The molecule has 4 N–H and O–H groups in total. The molecule has 10 heteroatoms. The molecule has 1 aromatic heterocycles. The lowest BCUT2D eigenvalue weighted by atomic mass is 10.1. The van der Waals surface area contributed by atoms with Gasteiger partial charge in [-0.25, -0.2) is 14.4 Å². The van der Waals surface area contributed by atoms with Gasteiger partial charge in [-0.05, 0) is 18.2 Å². The van der Waals surface area contributed by atoms with Crippen LogP contribution in [0.2, 0.25) is 0 Å². The molecular formula is C12H9F4N5O. The summed E-state index contributed by atoms with van der Waals surface area (Å²) in [6, 6.07) is 2.22. The number of nitrogens with zero attached hydrogens (tertiary/aromatic N) is 3. The van der Waals surface area contributed by atoms with Crippen LogP contribution in [0.1, 0.15) is 11.3 Å². The molecule has 0 unspecified atom stereocenters. The van der Waals surface area contributed by atoms with Gasteiger partial charge in [0.1, 0.15) is 5.82 Å². The van der Waals surface area contributed by atoms with E-state index in [4.69, 9.17) is 10.9 Å². The van der Waals surface area contributed by atoms with Gasteiger partial charge in [-0.1, -0.05) is 5.16 Å². The van der Waals surface area contributed by atoms with Crippen molar-refractivity contribution in [2.75, 3.05) is 11.1 Å². The first-order valence-corrected chi connectivity index (χ1v) is 5.75. The maximum absolute atomic E-state index is 13.2. The van der Waals surface area contributed by atoms with Crippen LogP contribution in [0.3, 0.4) is 0 Å². The average molecular weight is 315 g/mol. The van der Waals surface area contributed by atoms with Crippen molar-refractivity contribution in [3.8, 4) is 0 Å². The maximum atomic E-state index is 13.2. The molecule has 0 atom stereocenters. The van der Waals surface area contributed by atoms with Gasteiger partial charge in [0, 0.05) is 18.1 Å². The van der Waals surface area contributed by atoms with Crippen molar-refractivity contribution in [2.24, 2.45) is 5.16 Å². The van der Waals surface area contributed by atoms with Gasteiger partial charge in [-0.15, -0.1) is 0 Å². The van der Waals surface area contributed by atoms with E-state index in [0.717, 1.165) is 6.07 Å². The van der Waals surface area contributed by atoms with Gasteiger partial charge in [-0.2, -0.15) is 13.2 Å². The molecule has 0 spiro atoms. The predicted molar refractivity (Wildman–Crippen MR) is 69.8 cm³/mol. The number of anilines is 2. The van der Waals surface area contributed by atoms with Crippen LogP contribution < -0.4 is 11.1 Å². The highest BCUT2D eigenvalue weighted by Crippen LogP contribution is 2.33. The molecule has 1 aromatic carbocycles. The lowest BCUT2D eigenvalue weighted by Crippen LogP contribution is -2.19. The highest BCUT2D eigenvalue weighted by Gasteiger charge is 2.34. The number of amidine groups is 1. The molecular weight excluding hydrogens is 306 g/mol. The van der Waals surface area contributed by atoms with E-state index < -0.39 is 17.6 Å². The topological polar surface area (TPSA) is 96.4 Å². The molecule has 116 valence electrons. The second kappa shape index (κ2) is 5.84. The lowest BCUT2D eigenvalue weighted by Gasteiger charge is -2.12. The number of rotatable bonds is 2. The Labute approximate surface area is 121 Å². The molecule has 1 heterocycles. The van der Waals surface area contributed by atoms with Gasteiger partial charge in [0.25, 0.3) is 0 Å². The summed E-state index contributed by atoms with van der Waals surface area (Å²) in [4.78, 5) is 7.50. The molecule has 2 aromatic rings. The highest BCUT2D eigenvalue weighted by atomic mass is 19.4. The number of nitrogen functional groups attached to an aromatic ring is 1. The molecule has 0 saturated carbocycles. The summed E-state index contributed by atoms with van der Waals surface area (Å²) in [5.74, 6) is -1.84. The molecule has 0 bridgehead atoms. The number of alkyl halides is 3. The third kappa shape index (κ3) is 3.22. The lowest BCUT2D eigenvalue weighted by molar-refractivity contribution is -0.139. The molecule has 0 radical (unpaired) electrons. The average Bonchev–Trinajstić information content (AvgIpc) is 2.46. The molecule has 22 heavy (non-hydrogen) atoms. The third-order valence-corrected chi connectivity index (χ3v) is 2.59. The van der Waals surface area contributed by atoms with Crippen LogP contribution in [-0.4, -0.2) is 21.0 Å². The van der Waals surface area contributed by atoms with E-state index in [0.29, 0.717) is 12.1 Å². The van der Waals surface area contributed by atoms with Crippen LogP contribution in [0, 0.1) is 5.82 Å². The van der Waals surface area contributed by atoms with Crippen LogP contribution in [0.25, 0.3) is 0 Å². The molecule has 2 rings (SSSR count). The fourth-order valence-corrected chi connectivity index (χ4v) is 1.62. The number of oxime groups is 1. The maximum Gasteiger partial charge on any atom is 0.419 e. The van der Waals surface area contributed by atoms with E-state index in [9.17, 15) is 17.6 Å². The Morgan fingerprint density at radius 3 is 2.50 bits per heavy atom. The normalized spacial score (nSPS) is 12.3. The summed E-state index contributed by atoms with van der Waals surface area (Å²) in [5, 5.41) is 14.2. The van der Waals surface area contributed by atoms with Crippen LogP contribution in [-0.2, 0) is 6.18 Å². The first kappa shape index (κ1) is 15.5. The van der Waals surface area contributed by atoms with Crippen LogP contribution >= 0.6 is 0 Å². The van der Waals surface area contributed by atoms with E-state index in [1.807, 2.05) is 0 Å². The van der Waals surface area contributed by atoms with Crippen molar-refractivity contribution < 1.29 is 22.8 Å². The third-order valence-electron chi connectivity index (χ3n) is 2.59. The Kier molecular flexibility index (Phi) is 4.11. The summed E-state index contributed by atoms with van der Waals surface area (Å²) >= 11 is 0. The van der Waals surface area contributed by atoms with Crippen LogP contribution in [0.15, 0.2) is 35.7 Å². The van der Waals surface area contributed by atoms with Gasteiger partial charge >= 0.3 is 6.18 Å². The molecule has 6 nitrogen and oxygen atoms in total. The second-order valence-electron chi connectivity index (χ2n) is 4.06. The SMILES string of the molecule is Nc1nccnc1/C(=N/O)Nc1ccc(F)c(C(F)(F)F)c1. The second-order valence-corrected chi connectivity index (χ2v) is 4.06. The summed E-state index contributed by atoms with van der Waals surface area (Å²) in [7, 11) is 0. The largest absolute Gasteiger partial charge is 0.419 e. The summed E-state index contributed by atoms with van der Waals surface area (Å²) in [5.41, 5.74) is 3.84.